The highest BCUT2D eigenvalue weighted by Crippen LogP contribution is 2.19. The van der Waals surface area contributed by atoms with E-state index in [1.54, 1.807) is 0 Å². The van der Waals surface area contributed by atoms with Crippen molar-refractivity contribution in [3.63, 3.8) is 0 Å². The number of nitrogens with two attached hydrogens (primary N) is 1. The number of rotatable bonds is 6. The fraction of sp³-hybridized carbons (Fsp3) is 0.533. The SMILES string of the molecule is CC(C)C(CNC(=O)c1ccc(S(N)(=O)=O)cc1)C(C)C. The number of nitrogens with one attached hydrogen (secondary N) is 1. The van der Waals surface area contributed by atoms with Crippen molar-refractivity contribution in [3.8, 4) is 0 Å². The highest BCUT2D eigenvalue weighted by Gasteiger charge is 2.18. The monoisotopic (exact) mass is 312 g/mol. The van der Waals surface area contributed by atoms with E-state index in [1.807, 2.05) is 0 Å². The summed E-state index contributed by atoms with van der Waals surface area (Å²) in [5.41, 5.74) is 0.425. The highest BCUT2D eigenvalue weighted by molar-refractivity contribution is 7.89. The van der Waals surface area contributed by atoms with Gasteiger partial charge in [-0.15, -0.1) is 0 Å². The van der Waals surface area contributed by atoms with Gasteiger partial charge < -0.3 is 5.32 Å². The summed E-state index contributed by atoms with van der Waals surface area (Å²) in [4.78, 5) is 12.1. The van der Waals surface area contributed by atoms with Crippen LogP contribution in [0.1, 0.15) is 38.1 Å². The third kappa shape index (κ3) is 5.13. The van der Waals surface area contributed by atoms with Gasteiger partial charge in [-0.05, 0) is 42.0 Å². The summed E-state index contributed by atoms with van der Waals surface area (Å²) in [7, 11) is -3.73. The molecule has 0 aromatic heterocycles. The van der Waals surface area contributed by atoms with Gasteiger partial charge in [0, 0.05) is 12.1 Å². The van der Waals surface area contributed by atoms with Crippen LogP contribution < -0.4 is 10.5 Å². The summed E-state index contributed by atoms with van der Waals surface area (Å²) in [6, 6.07) is 5.61. The maximum Gasteiger partial charge on any atom is 0.251 e. The Morgan fingerprint density at radius 1 is 1.10 bits per heavy atom. The zero-order valence-corrected chi connectivity index (χ0v) is 13.8. The number of amides is 1. The molecule has 0 aliphatic carbocycles. The third-order valence-electron chi connectivity index (χ3n) is 3.66. The molecule has 1 aromatic rings. The van der Waals surface area contributed by atoms with Crippen LogP contribution in [-0.4, -0.2) is 20.9 Å². The molecule has 0 heterocycles. The third-order valence-corrected chi connectivity index (χ3v) is 4.59. The van der Waals surface area contributed by atoms with E-state index >= 15 is 0 Å². The van der Waals surface area contributed by atoms with Crippen LogP contribution in [0.3, 0.4) is 0 Å². The van der Waals surface area contributed by atoms with Crippen molar-refractivity contribution >= 4 is 15.9 Å². The molecule has 0 fully saturated rings. The molecule has 6 heteroatoms. The van der Waals surface area contributed by atoms with Crippen molar-refractivity contribution in [1.82, 2.24) is 5.32 Å². The van der Waals surface area contributed by atoms with Gasteiger partial charge in [0.25, 0.3) is 5.91 Å². The fourth-order valence-corrected chi connectivity index (χ4v) is 2.87. The number of benzene rings is 1. The van der Waals surface area contributed by atoms with Crippen molar-refractivity contribution in [3.05, 3.63) is 29.8 Å². The lowest BCUT2D eigenvalue weighted by molar-refractivity contribution is 0.0937. The Morgan fingerprint density at radius 3 is 1.95 bits per heavy atom. The first-order valence-corrected chi connectivity index (χ1v) is 8.58. The van der Waals surface area contributed by atoms with Gasteiger partial charge in [0.15, 0.2) is 0 Å². The van der Waals surface area contributed by atoms with E-state index in [9.17, 15) is 13.2 Å². The zero-order chi connectivity index (χ0) is 16.2. The van der Waals surface area contributed by atoms with E-state index in [0.29, 0.717) is 29.9 Å². The molecule has 1 rings (SSSR count). The van der Waals surface area contributed by atoms with Gasteiger partial charge in [0.05, 0.1) is 4.90 Å². The molecule has 21 heavy (non-hydrogen) atoms. The maximum atomic E-state index is 12.1. The average molecular weight is 312 g/mol. The summed E-state index contributed by atoms with van der Waals surface area (Å²) in [5, 5.41) is 7.92. The van der Waals surface area contributed by atoms with E-state index in [0.717, 1.165) is 0 Å². The molecule has 5 nitrogen and oxygen atoms in total. The number of hydrogen-bond donors (Lipinski definition) is 2. The molecule has 3 N–H and O–H groups in total. The quantitative estimate of drug-likeness (QED) is 0.842. The second-order valence-corrected chi connectivity index (χ2v) is 7.49. The first kappa shape index (κ1) is 17.7. The Balaban J connectivity index is 2.72. The molecule has 0 aliphatic heterocycles. The number of carbonyl (C=O) groups excluding carboxylic acids is 1. The van der Waals surface area contributed by atoms with Gasteiger partial charge in [0.1, 0.15) is 0 Å². The largest absolute Gasteiger partial charge is 0.352 e. The normalized spacial score (nSPS) is 12.2. The highest BCUT2D eigenvalue weighted by atomic mass is 32.2. The Kier molecular flexibility index (Phi) is 5.92. The average Bonchev–Trinajstić information content (AvgIpc) is 2.37. The van der Waals surface area contributed by atoms with Crippen LogP contribution in [0.5, 0.6) is 0 Å². The Hall–Kier alpha value is -1.40. The number of primary sulfonamides is 1. The molecular formula is C15H24N2O3S. The smallest absolute Gasteiger partial charge is 0.251 e. The molecule has 1 amide bonds. The molecule has 0 saturated carbocycles. The van der Waals surface area contributed by atoms with Crippen molar-refractivity contribution < 1.29 is 13.2 Å². The molecule has 0 radical (unpaired) electrons. The van der Waals surface area contributed by atoms with E-state index in [2.05, 4.69) is 33.0 Å². The molecule has 118 valence electrons. The van der Waals surface area contributed by atoms with Crippen molar-refractivity contribution in [2.24, 2.45) is 22.9 Å². The Morgan fingerprint density at radius 2 is 1.57 bits per heavy atom. The van der Waals surface area contributed by atoms with Crippen molar-refractivity contribution in [2.45, 2.75) is 32.6 Å². The molecule has 0 atom stereocenters. The molecule has 0 aliphatic rings. The molecule has 0 unspecified atom stereocenters. The van der Waals surface area contributed by atoms with Gasteiger partial charge >= 0.3 is 0 Å². The molecular weight excluding hydrogens is 288 g/mol. The van der Waals surface area contributed by atoms with E-state index in [-0.39, 0.29) is 10.8 Å². The number of hydrogen-bond acceptors (Lipinski definition) is 3. The van der Waals surface area contributed by atoms with Crippen molar-refractivity contribution in [1.29, 1.82) is 0 Å². The Labute approximate surface area is 127 Å². The summed E-state index contributed by atoms with van der Waals surface area (Å²) in [6.45, 7) is 9.15. The lowest BCUT2D eigenvalue weighted by Gasteiger charge is -2.25. The van der Waals surface area contributed by atoms with Crippen LogP contribution in [-0.2, 0) is 10.0 Å². The maximum absolute atomic E-state index is 12.1. The van der Waals surface area contributed by atoms with Crippen LogP contribution in [0.4, 0.5) is 0 Å². The first-order valence-electron chi connectivity index (χ1n) is 7.04. The summed E-state index contributed by atoms with van der Waals surface area (Å²) in [5.74, 6) is 1.16. The van der Waals surface area contributed by atoms with Gasteiger partial charge in [-0.25, -0.2) is 13.6 Å². The van der Waals surface area contributed by atoms with E-state index in [1.165, 1.54) is 24.3 Å². The molecule has 0 saturated heterocycles. The molecule has 0 spiro atoms. The minimum absolute atomic E-state index is 0.00119. The van der Waals surface area contributed by atoms with Gasteiger partial charge in [0.2, 0.25) is 10.0 Å². The predicted octanol–water partition coefficient (Wildman–Crippen LogP) is 1.99. The van der Waals surface area contributed by atoms with Gasteiger partial charge in [-0.2, -0.15) is 0 Å². The van der Waals surface area contributed by atoms with E-state index < -0.39 is 10.0 Å². The molecule has 1 aromatic carbocycles. The minimum Gasteiger partial charge on any atom is -0.352 e. The molecule has 0 bridgehead atoms. The zero-order valence-electron chi connectivity index (χ0n) is 13.0. The van der Waals surface area contributed by atoms with Crippen LogP contribution in [0.15, 0.2) is 29.2 Å². The second kappa shape index (κ2) is 7.04. The summed E-state index contributed by atoms with van der Waals surface area (Å²) < 4.78 is 22.3. The second-order valence-electron chi connectivity index (χ2n) is 5.93. The summed E-state index contributed by atoms with van der Waals surface area (Å²) in [6.07, 6.45) is 0. The van der Waals surface area contributed by atoms with Crippen molar-refractivity contribution in [2.75, 3.05) is 6.54 Å². The van der Waals surface area contributed by atoms with Crippen LogP contribution in [0.2, 0.25) is 0 Å². The number of sulfonamides is 1. The minimum atomic E-state index is -3.73. The summed E-state index contributed by atoms with van der Waals surface area (Å²) >= 11 is 0. The predicted molar refractivity (Wildman–Crippen MR) is 83.3 cm³/mol. The standard InChI is InChI=1S/C15H24N2O3S/c1-10(2)14(11(3)4)9-17-15(18)12-5-7-13(8-6-12)21(16,19)20/h5-8,10-11,14H,9H2,1-4H3,(H,17,18)(H2,16,19,20). The Bertz CT molecular complexity index is 569. The van der Waals surface area contributed by atoms with Gasteiger partial charge in [-0.1, -0.05) is 27.7 Å². The lowest BCUT2D eigenvalue weighted by Crippen LogP contribution is -2.33. The van der Waals surface area contributed by atoms with Crippen LogP contribution in [0, 0.1) is 17.8 Å². The fourth-order valence-electron chi connectivity index (χ4n) is 2.35. The number of carbonyl (C=O) groups is 1. The van der Waals surface area contributed by atoms with E-state index in [4.69, 9.17) is 5.14 Å². The van der Waals surface area contributed by atoms with Crippen LogP contribution in [0.25, 0.3) is 0 Å². The van der Waals surface area contributed by atoms with Crippen LogP contribution >= 0.6 is 0 Å². The first-order chi connectivity index (χ1) is 9.62. The lowest BCUT2D eigenvalue weighted by atomic mass is 9.85. The topological polar surface area (TPSA) is 89.3 Å². The van der Waals surface area contributed by atoms with Gasteiger partial charge in [-0.3, -0.25) is 4.79 Å².